The third kappa shape index (κ3) is 4.83. The van der Waals surface area contributed by atoms with Gasteiger partial charge in [-0.05, 0) is 18.1 Å². The van der Waals surface area contributed by atoms with Crippen LogP contribution in [0.25, 0.3) is 0 Å². The minimum atomic E-state index is -0.739. The maximum absolute atomic E-state index is 10.4. The Morgan fingerprint density at radius 1 is 1.60 bits per heavy atom. The van der Waals surface area contributed by atoms with Crippen LogP contribution in [0, 0.1) is 6.92 Å². The van der Waals surface area contributed by atoms with Crippen LogP contribution in [0.4, 0.5) is 0 Å². The average molecular weight is 225 g/mol. The molecule has 0 spiro atoms. The van der Waals surface area contributed by atoms with Crippen molar-refractivity contribution in [3.63, 3.8) is 0 Å². The maximum Gasteiger partial charge on any atom is 0.304 e. The minimum Gasteiger partial charge on any atom is -0.481 e. The predicted molar refractivity (Wildman–Crippen MR) is 62.0 cm³/mol. The molecule has 1 unspecified atom stereocenters. The van der Waals surface area contributed by atoms with Gasteiger partial charge in [-0.3, -0.25) is 9.78 Å². The molecule has 3 nitrogen and oxygen atoms in total. The summed E-state index contributed by atoms with van der Waals surface area (Å²) in [5.74, 6) is 0.0840. The fourth-order valence-corrected chi connectivity index (χ4v) is 2.14. The van der Waals surface area contributed by atoms with Gasteiger partial charge in [-0.15, -0.1) is 0 Å². The Hall–Kier alpha value is -1.03. The number of carboxylic acids is 1. The summed E-state index contributed by atoms with van der Waals surface area (Å²) in [5.41, 5.74) is 2.29. The van der Waals surface area contributed by atoms with Crippen molar-refractivity contribution in [2.75, 3.05) is 0 Å². The van der Waals surface area contributed by atoms with Crippen LogP contribution in [0.3, 0.4) is 0 Å². The Morgan fingerprint density at radius 2 is 2.33 bits per heavy atom. The van der Waals surface area contributed by atoms with E-state index in [1.54, 1.807) is 11.8 Å². The van der Waals surface area contributed by atoms with Gasteiger partial charge in [0.1, 0.15) is 0 Å². The van der Waals surface area contributed by atoms with Gasteiger partial charge in [-0.25, -0.2) is 0 Å². The number of pyridine rings is 1. The molecule has 0 fully saturated rings. The van der Waals surface area contributed by atoms with E-state index in [0.717, 1.165) is 16.9 Å². The highest BCUT2D eigenvalue weighted by molar-refractivity contribution is 7.99. The summed E-state index contributed by atoms with van der Waals surface area (Å²) in [6, 6.07) is 2.08. The van der Waals surface area contributed by atoms with Crippen molar-refractivity contribution in [2.45, 2.75) is 31.3 Å². The highest BCUT2D eigenvalue weighted by atomic mass is 32.2. The molecular weight excluding hydrogens is 210 g/mol. The van der Waals surface area contributed by atoms with Gasteiger partial charge in [-0.1, -0.05) is 13.0 Å². The van der Waals surface area contributed by atoms with Gasteiger partial charge in [-0.2, -0.15) is 11.8 Å². The van der Waals surface area contributed by atoms with Crippen molar-refractivity contribution < 1.29 is 9.90 Å². The number of aliphatic carboxylic acids is 1. The van der Waals surface area contributed by atoms with Gasteiger partial charge < -0.3 is 5.11 Å². The first kappa shape index (κ1) is 12.0. The van der Waals surface area contributed by atoms with Crippen molar-refractivity contribution in [3.8, 4) is 0 Å². The van der Waals surface area contributed by atoms with Gasteiger partial charge in [0.15, 0.2) is 0 Å². The van der Waals surface area contributed by atoms with Crippen LogP contribution in [0.5, 0.6) is 0 Å². The highest BCUT2D eigenvalue weighted by Gasteiger charge is 2.07. The number of carboxylic acid groups (broad SMARTS) is 1. The molecule has 1 aromatic heterocycles. The minimum absolute atomic E-state index is 0.142. The molecule has 1 heterocycles. The summed E-state index contributed by atoms with van der Waals surface area (Å²) in [7, 11) is 0. The normalized spacial score (nSPS) is 12.4. The van der Waals surface area contributed by atoms with E-state index in [4.69, 9.17) is 5.11 Å². The van der Waals surface area contributed by atoms with E-state index < -0.39 is 5.97 Å². The lowest BCUT2D eigenvalue weighted by atomic mass is 10.2. The number of carbonyl (C=O) groups is 1. The van der Waals surface area contributed by atoms with Crippen molar-refractivity contribution >= 4 is 17.7 Å². The van der Waals surface area contributed by atoms with Crippen molar-refractivity contribution in [1.82, 2.24) is 4.98 Å². The van der Waals surface area contributed by atoms with Crippen LogP contribution >= 0.6 is 11.8 Å². The van der Waals surface area contributed by atoms with E-state index in [9.17, 15) is 4.79 Å². The van der Waals surface area contributed by atoms with Crippen LogP contribution in [-0.4, -0.2) is 21.3 Å². The second-order valence-corrected chi connectivity index (χ2v) is 5.02. The van der Waals surface area contributed by atoms with Gasteiger partial charge >= 0.3 is 5.97 Å². The molecule has 0 aromatic carbocycles. The lowest BCUT2D eigenvalue weighted by Gasteiger charge is -2.08. The summed E-state index contributed by atoms with van der Waals surface area (Å²) >= 11 is 1.65. The molecule has 1 atom stereocenters. The summed E-state index contributed by atoms with van der Waals surface area (Å²) in [6.07, 6.45) is 3.85. The molecule has 15 heavy (non-hydrogen) atoms. The average Bonchev–Trinajstić information content (AvgIpc) is 2.14. The van der Waals surface area contributed by atoms with Gasteiger partial charge in [0, 0.05) is 23.4 Å². The second kappa shape index (κ2) is 5.75. The molecule has 0 saturated carbocycles. The van der Waals surface area contributed by atoms with Gasteiger partial charge in [0.2, 0.25) is 0 Å². The molecule has 0 aliphatic rings. The van der Waals surface area contributed by atoms with E-state index >= 15 is 0 Å². The zero-order valence-electron chi connectivity index (χ0n) is 8.93. The van der Waals surface area contributed by atoms with Crippen LogP contribution < -0.4 is 0 Å². The highest BCUT2D eigenvalue weighted by Crippen LogP contribution is 2.19. The van der Waals surface area contributed by atoms with E-state index in [-0.39, 0.29) is 11.7 Å². The quantitative estimate of drug-likeness (QED) is 0.836. The first-order chi connectivity index (χ1) is 7.08. The smallest absolute Gasteiger partial charge is 0.304 e. The molecule has 0 aliphatic heterocycles. The third-order valence-electron chi connectivity index (χ3n) is 1.93. The van der Waals surface area contributed by atoms with Crippen molar-refractivity contribution in [1.29, 1.82) is 0 Å². The maximum atomic E-state index is 10.4. The number of rotatable bonds is 5. The molecule has 0 saturated heterocycles. The Labute approximate surface area is 93.9 Å². The van der Waals surface area contributed by atoms with E-state index in [0.29, 0.717) is 0 Å². The first-order valence-electron chi connectivity index (χ1n) is 4.82. The molecule has 4 heteroatoms. The zero-order chi connectivity index (χ0) is 11.3. The molecule has 0 bridgehead atoms. The Kier molecular flexibility index (Phi) is 4.62. The topological polar surface area (TPSA) is 50.2 Å². The van der Waals surface area contributed by atoms with Crippen LogP contribution in [0.15, 0.2) is 18.5 Å². The van der Waals surface area contributed by atoms with Gasteiger partial charge in [0.25, 0.3) is 0 Å². The summed E-state index contributed by atoms with van der Waals surface area (Å²) < 4.78 is 0. The molecular formula is C11H15NO2S. The molecule has 1 aromatic rings. The number of nitrogens with zero attached hydrogens (tertiary/aromatic N) is 1. The second-order valence-electron chi connectivity index (χ2n) is 3.59. The SMILES string of the molecule is Cc1cncc(CSC(C)CC(=O)O)c1. The number of thioether (sulfide) groups is 1. The van der Waals surface area contributed by atoms with E-state index in [1.165, 1.54) is 0 Å². The Balaban J connectivity index is 2.40. The third-order valence-corrected chi connectivity index (χ3v) is 3.16. The van der Waals surface area contributed by atoms with Crippen molar-refractivity contribution in [3.05, 3.63) is 29.6 Å². The lowest BCUT2D eigenvalue weighted by Crippen LogP contribution is -2.05. The van der Waals surface area contributed by atoms with Crippen LogP contribution in [0.1, 0.15) is 24.5 Å². The summed E-state index contributed by atoms with van der Waals surface area (Å²) in [4.78, 5) is 14.5. The Bertz CT molecular complexity index is 341. The van der Waals surface area contributed by atoms with E-state index in [1.807, 2.05) is 26.2 Å². The molecule has 0 amide bonds. The summed E-state index contributed by atoms with van der Waals surface area (Å²) in [5, 5.41) is 8.74. The van der Waals surface area contributed by atoms with Crippen molar-refractivity contribution in [2.24, 2.45) is 0 Å². The molecule has 1 rings (SSSR count). The number of aryl methyl sites for hydroxylation is 1. The lowest BCUT2D eigenvalue weighted by molar-refractivity contribution is -0.136. The molecule has 0 radical (unpaired) electrons. The predicted octanol–water partition coefficient (Wildman–Crippen LogP) is 2.49. The fourth-order valence-electron chi connectivity index (χ4n) is 1.24. The number of hydrogen-bond acceptors (Lipinski definition) is 3. The largest absolute Gasteiger partial charge is 0.481 e. The standard InChI is InChI=1S/C11H15NO2S/c1-8-3-10(6-12-5-8)7-15-9(2)4-11(13)14/h3,5-6,9H,4,7H2,1-2H3,(H,13,14). The monoisotopic (exact) mass is 225 g/mol. The number of aromatic nitrogens is 1. The molecule has 0 aliphatic carbocycles. The summed E-state index contributed by atoms with van der Waals surface area (Å²) in [6.45, 7) is 3.93. The van der Waals surface area contributed by atoms with Gasteiger partial charge in [0.05, 0.1) is 6.42 Å². The van der Waals surface area contributed by atoms with Crippen LogP contribution in [-0.2, 0) is 10.5 Å². The molecule has 82 valence electrons. The first-order valence-corrected chi connectivity index (χ1v) is 5.86. The fraction of sp³-hybridized carbons (Fsp3) is 0.455. The zero-order valence-corrected chi connectivity index (χ0v) is 9.75. The van der Waals surface area contributed by atoms with E-state index in [2.05, 4.69) is 11.1 Å². The Morgan fingerprint density at radius 3 is 2.93 bits per heavy atom. The molecule has 1 N–H and O–H groups in total. The number of hydrogen-bond donors (Lipinski definition) is 1. The van der Waals surface area contributed by atoms with Crippen LogP contribution in [0.2, 0.25) is 0 Å².